The normalized spacial score (nSPS) is 14.7. The topological polar surface area (TPSA) is 46.6 Å². The number of esters is 1. The molecule has 2 aromatic rings. The lowest BCUT2D eigenvalue weighted by Crippen LogP contribution is -2.32. The van der Waals surface area contributed by atoms with Gasteiger partial charge >= 0.3 is 5.97 Å². The van der Waals surface area contributed by atoms with Gasteiger partial charge in [0.05, 0.1) is 0 Å². The van der Waals surface area contributed by atoms with Gasteiger partial charge in [-0.1, -0.05) is 47.6 Å². The van der Waals surface area contributed by atoms with Crippen molar-refractivity contribution < 1.29 is 14.3 Å². The quantitative estimate of drug-likeness (QED) is 0.640. The Hall–Kier alpha value is -1.72. The van der Waals surface area contributed by atoms with Crippen molar-refractivity contribution in [3.8, 4) is 5.75 Å². The first-order valence-corrected chi connectivity index (χ1v) is 7.81. The number of halogens is 1. The summed E-state index contributed by atoms with van der Waals surface area (Å²) in [6.07, 6.45) is 0. The maximum Gasteiger partial charge on any atom is 0.331 e. The number of fused-ring (bicyclic) bond motifs is 1. The molecule has 4 nitrogen and oxygen atoms in total. The average Bonchev–Trinajstić information content (AvgIpc) is 2.88. The van der Waals surface area contributed by atoms with Crippen molar-refractivity contribution in [2.75, 3.05) is 18.8 Å². The standard InChI is InChI=1S/C15H12ClNO3S/c16-12-5-6-13(11-4-2-1-3-10(11)12)20-14(18)9-17-7-8-21-15(17)19/h1-6H,7-9H2. The number of amides is 1. The zero-order chi connectivity index (χ0) is 14.8. The molecule has 2 aromatic carbocycles. The molecule has 0 aliphatic carbocycles. The second-order valence-electron chi connectivity index (χ2n) is 4.60. The SMILES string of the molecule is O=C(CN1CCSC1=O)Oc1ccc(Cl)c2ccccc12. The summed E-state index contributed by atoms with van der Waals surface area (Å²) in [5.74, 6) is 0.730. The largest absolute Gasteiger partial charge is 0.425 e. The summed E-state index contributed by atoms with van der Waals surface area (Å²) in [4.78, 5) is 25.0. The average molecular weight is 322 g/mol. The van der Waals surface area contributed by atoms with Gasteiger partial charge in [-0.25, -0.2) is 4.79 Å². The zero-order valence-electron chi connectivity index (χ0n) is 11.0. The number of hydrogen-bond acceptors (Lipinski definition) is 4. The molecule has 0 N–H and O–H groups in total. The van der Waals surface area contributed by atoms with E-state index in [2.05, 4.69) is 0 Å². The minimum absolute atomic E-state index is 0.0250. The van der Waals surface area contributed by atoms with E-state index < -0.39 is 5.97 Å². The molecular formula is C15H12ClNO3S. The summed E-state index contributed by atoms with van der Waals surface area (Å²) in [6.45, 7) is 0.558. The van der Waals surface area contributed by atoms with E-state index in [0.717, 1.165) is 16.5 Å². The first-order valence-electron chi connectivity index (χ1n) is 6.45. The Balaban J connectivity index is 1.80. The summed E-state index contributed by atoms with van der Waals surface area (Å²) in [7, 11) is 0. The van der Waals surface area contributed by atoms with E-state index in [-0.39, 0.29) is 11.8 Å². The highest BCUT2D eigenvalue weighted by molar-refractivity contribution is 8.13. The van der Waals surface area contributed by atoms with Crippen molar-refractivity contribution in [1.29, 1.82) is 0 Å². The van der Waals surface area contributed by atoms with Gasteiger partial charge in [0.25, 0.3) is 5.24 Å². The first kappa shape index (κ1) is 14.2. The van der Waals surface area contributed by atoms with Crippen molar-refractivity contribution in [2.45, 2.75) is 0 Å². The number of carbonyl (C=O) groups is 2. The van der Waals surface area contributed by atoms with Gasteiger partial charge in [0.2, 0.25) is 0 Å². The van der Waals surface area contributed by atoms with Crippen molar-refractivity contribution in [1.82, 2.24) is 4.90 Å². The lowest BCUT2D eigenvalue weighted by atomic mass is 10.1. The van der Waals surface area contributed by atoms with Crippen LogP contribution in [0.5, 0.6) is 5.75 Å². The maximum absolute atomic E-state index is 12.0. The van der Waals surface area contributed by atoms with Crippen LogP contribution in [-0.2, 0) is 4.79 Å². The van der Waals surface area contributed by atoms with Crippen LogP contribution in [0, 0.1) is 0 Å². The molecule has 6 heteroatoms. The maximum atomic E-state index is 12.0. The second-order valence-corrected chi connectivity index (χ2v) is 6.05. The third-order valence-corrected chi connectivity index (χ3v) is 4.44. The fourth-order valence-corrected chi connectivity index (χ4v) is 3.26. The molecule has 0 unspecified atom stereocenters. The molecule has 1 heterocycles. The van der Waals surface area contributed by atoms with Crippen LogP contribution in [0.2, 0.25) is 5.02 Å². The number of thioether (sulfide) groups is 1. The minimum Gasteiger partial charge on any atom is -0.425 e. The Morgan fingerprint density at radius 3 is 2.71 bits per heavy atom. The van der Waals surface area contributed by atoms with Gasteiger partial charge < -0.3 is 9.64 Å². The Morgan fingerprint density at radius 2 is 2.00 bits per heavy atom. The molecular weight excluding hydrogens is 310 g/mol. The number of nitrogens with zero attached hydrogens (tertiary/aromatic N) is 1. The van der Waals surface area contributed by atoms with Crippen molar-refractivity contribution in [3.05, 3.63) is 41.4 Å². The van der Waals surface area contributed by atoms with Gasteiger partial charge in [-0.05, 0) is 12.1 Å². The number of benzene rings is 2. The summed E-state index contributed by atoms with van der Waals surface area (Å²) in [5.41, 5.74) is 0. The Morgan fingerprint density at radius 1 is 1.24 bits per heavy atom. The monoisotopic (exact) mass is 321 g/mol. The Bertz CT molecular complexity index is 719. The molecule has 1 aliphatic rings. The summed E-state index contributed by atoms with van der Waals surface area (Å²) < 4.78 is 5.39. The van der Waals surface area contributed by atoms with E-state index in [4.69, 9.17) is 16.3 Å². The second kappa shape index (κ2) is 5.95. The zero-order valence-corrected chi connectivity index (χ0v) is 12.6. The fourth-order valence-electron chi connectivity index (χ4n) is 2.20. The van der Waals surface area contributed by atoms with Crippen LogP contribution in [0.3, 0.4) is 0 Å². The molecule has 0 atom stereocenters. The molecule has 108 valence electrons. The molecule has 0 saturated carbocycles. The summed E-state index contributed by atoms with van der Waals surface area (Å²) in [5, 5.41) is 2.14. The van der Waals surface area contributed by atoms with Gasteiger partial charge in [-0.2, -0.15) is 0 Å². The molecule has 1 saturated heterocycles. The van der Waals surface area contributed by atoms with Crippen molar-refractivity contribution in [3.63, 3.8) is 0 Å². The minimum atomic E-state index is -0.446. The van der Waals surface area contributed by atoms with Gasteiger partial charge in [0.15, 0.2) is 0 Å². The lowest BCUT2D eigenvalue weighted by molar-refractivity contribution is -0.134. The van der Waals surface area contributed by atoms with E-state index in [1.807, 2.05) is 24.3 Å². The molecule has 1 aliphatic heterocycles. The molecule has 21 heavy (non-hydrogen) atoms. The van der Waals surface area contributed by atoms with Crippen molar-refractivity contribution >= 4 is 45.3 Å². The third kappa shape index (κ3) is 2.99. The van der Waals surface area contributed by atoms with Crippen LogP contribution in [0.25, 0.3) is 10.8 Å². The van der Waals surface area contributed by atoms with Crippen molar-refractivity contribution in [2.24, 2.45) is 0 Å². The molecule has 1 amide bonds. The number of rotatable bonds is 3. The lowest BCUT2D eigenvalue weighted by Gasteiger charge is -2.14. The fraction of sp³-hybridized carbons (Fsp3) is 0.200. The van der Waals surface area contributed by atoms with E-state index >= 15 is 0 Å². The third-order valence-electron chi connectivity index (χ3n) is 3.22. The summed E-state index contributed by atoms with van der Waals surface area (Å²) >= 11 is 7.35. The molecule has 0 aromatic heterocycles. The first-order chi connectivity index (χ1) is 10.1. The van der Waals surface area contributed by atoms with Crippen LogP contribution >= 0.6 is 23.4 Å². The van der Waals surface area contributed by atoms with Gasteiger partial charge in [0, 0.05) is 28.1 Å². The number of carbonyl (C=O) groups excluding carboxylic acids is 2. The molecule has 1 fully saturated rings. The smallest absolute Gasteiger partial charge is 0.331 e. The number of hydrogen-bond donors (Lipinski definition) is 0. The van der Waals surface area contributed by atoms with Gasteiger partial charge in [-0.3, -0.25) is 4.79 Å². The Labute approximate surface area is 131 Å². The van der Waals surface area contributed by atoms with E-state index in [1.54, 1.807) is 12.1 Å². The highest BCUT2D eigenvalue weighted by Crippen LogP contribution is 2.31. The van der Waals surface area contributed by atoms with Crippen LogP contribution < -0.4 is 4.74 Å². The van der Waals surface area contributed by atoms with E-state index in [9.17, 15) is 9.59 Å². The van der Waals surface area contributed by atoms with Crippen LogP contribution in [0.15, 0.2) is 36.4 Å². The molecule has 0 spiro atoms. The predicted octanol–water partition coefficient (Wildman–Crippen LogP) is 3.57. The number of ether oxygens (including phenoxy) is 1. The highest BCUT2D eigenvalue weighted by Gasteiger charge is 2.24. The van der Waals surface area contributed by atoms with Crippen LogP contribution in [-0.4, -0.2) is 35.0 Å². The van der Waals surface area contributed by atoms with Gasteiger partial charge in [0.1, 0.15) is 12.3 Å². The van der Waals surface area contributed by atoms with Gasteiger partial charge in [-0.15, -0.1) is 0 Å². The Kier molecular flexibility index (Phi) is 4.03. The van der Waals surface area contributed by atoms with Crippen LogP contribution in [0.1, 0.15) is 0 Å². The van der Waals surface area contributed by atoms with Crippen LogP contribution in [0.4, 0.5) is 4.79 Å². The molecule has 0 bridgehead atoms. The molecule has 3 rings (SSSR count). The van der Waals surface area contributed by atoms with E-state index in [0.29, 0.717) is 17.3 Å². The van der Waals surface area contributed by atoms with E-state index in [1.165, 1.54) is 16.7 Å². The molecule has 0 radical (unpaired) electrons. The summed E-state index contributed by atoms with van der Waals surface area (Å²) in [6, 6.07) is 10.8. The highest BCUT2D eigenvalue weighted by atomic mass is 35.5. The predicted molar refractivity (Wildman–Crippen MR) is 84.0 cm³/mol.